The lowest BCUT2D eigenvalue weighted by atomic mass is 9.98. The molecule has 0 bridgehead atoms. The molecule has 1 aliphatic rings. The van der Waals surface area contributed by atoms with Crippen molar-refractivity contribution in [2.45, 2.75) is 26.3 Å². The Kier molecular flexibility index (Phi) is 5.78. The van der Waals surface area contributed by atoms with Gasteiger partial charge in [-0.2, -0.15) is 0 Å². The lowest BCUT2D eigenvalue weighted by Crippen LogP contribution is -2.33. The van der Waals surface area contributed by atoms with Crippen molar-refractivity contribution in [3.8, 4) is 11.5 Å². The first kappa shape index (κ1) is 18.3. The average Bonchev–Trinajstić information content (AvgIpc) is 2.66. The van der Waals surface area contributed by atoms with Crippen LogP contribution in [-0.2, 0) is 17.8 Å². The number of nitrogens with zero attached hydrogens (tertiary/aromatic N) is 1. The number of rotatable bonds is 6. The van der Waals surface area contributed by atoms with Crippen molar-refractivity contribution in [1.29, 1.82) is 0 Å². The molecule has 1 amide bonds. The fourth-order valence-electron chi connectivity index (χ4n) is 3.32. The molecule has 26 heavy (non-hydrogen) atoms. The first-order chi connectivity index (χ1) is 12.6. The summed E-state index contributed by atoms with van der Waals surface area (Å²) in [6, 6.07) is 12.0. The van der Waals surface area contributed by atoms with Crippen LogP contribution in [0, 0.1) is 6.92 Å². The Balaban J connectivity index is 1.58. The number of nitrogens with one attached hydrogen (secondary N) is 1. The SMILES string of the molecule is COc1cc2c(cc1OC)CN(CCC(=O)Nc1ccccc1C)CC2. The maximum atomic E-state index is 12.3. The number of amides is 1. The maximum absolute atomic E-state index is 12.3. The molecular formula is C21H26N2O3. The molecule has 5 nitrogen and oxygen atoms in total. The van der Waals surface area contributed by atoms with Crippen molar-refractivity contribution in [3.63, 3.8) is 0 Å². The molecule has 1 N–H and O–H groups in total. The van der Waals surface area contributed by atoms with Crippen molar-refractivity contribution in [2.24, 2.45) is 0 Å². The van der Waals surface area contributed by atoms with Gasteiger partial charge in [0.1, 0.15) is 0 Å². The van der Waals surface area contributed by atoms with Crippen LogP contribution in [0.25, 0.3) is 0 Å². The first-order valence-electron chi connectivity index (χ1n) is 8.92. The second-order valence-corrected chi connectivity index (χ2v) is 6.62. The molecule has 2 aromatic carbocycles. The number of hydrogen-bond acceptors (Lipinski definition) is 4. The molecule has 1 heterocycles. The quantitative estimate of drug-likeness (QED) is 0.864. The summed E-state index contributed by atoms with van der Waals surface area (Å²) in [5, 5.41) is 3.00. The molecule has 0 aliphatic carbocycles. The fraction of sp³-hybridized carbons (Fsp3) is 0.381. The van der Waals surface area contributed by atoms with Gasteiger partial charge in [-0.3, -0.25) is 9.69 Å². The smallest absolute Gasteiger partial charge is 0.225 e. The lowest BCUT2D eigenvalue weighted by Gasteiger charge is -2.29. The van der Waals surface area contributed by atoms with Gasteiger partial charge in [0, 0.05) is 31.7 Å². The average molecular weight is 354 g/mol. The van der Waals surface area contributed by atoms with Crippen LogP contribution in [0.1, 0.15) is 23.1 Å². The zero-order valence-electron chi connectivity index (χ0n) is 15.7. The van der Waals surface area contributed by atoms with E-state index in [0.717, 1.165) is 48.8 Å². The minimum Gasteiger partial charge on any atom is -0.493 e. The summed E-state index contributed by atoms with van der Waals surface area (Å²) in [5.74, 6) is 1.58. The highest BCUT2D eigenvalue weighted by Gasteiger charge is 2.20. The summed E-state index contributed by atoms with van der Waals surface area (Å²) in [6.45, 7) is 4.51. The van der Waals surface area contributed by atoms with Gasteiger partial charge in [0.2, 0.25) is 5.91 Å². The van der Waals surface area contributed by atoms with E-state index in [-0.39, 0.29) is 5.91 Å². The molecule has 0 fully saturated rings. The van der Waals surface area contributed by atoms with Crippen LogP contribution in [0.3, 0.4) is 0 Å². The van der Waals surface area contributed by atoms with Crippen molar-refractivity contribution >= 4 is 11.6 Å². The van der Waals surface area contributed by atoms with Gasteiger partial charge in [-0.05, 0) is 48.2 Å². The van der Waals surface area contributed by atoms with Crippen LogP contribution in [-0.4, -0.2) is 38.1 Å². The molecule has 138 valence electrons. The topological polar surface area (TPSA) is 50.8 Å². The van der Waals surface area contributed by atoms with E-state index in [1.54, 1.807) is 14.2 Å². The molecular weight excluding hydrogens is 328 g/mol. The molecule has 0 saturated heterocycles. The van der Waals surface area contributed by atoms with Gasteiger partial charge in [0.05, 0.1) is 14.2 Å². The molecule has 0 atom stereocenters. The van der Waals surface area contributed by atoms with Crippen molar-refractivity contribution in [1.82, 2.24) is 4.90 Å². The number of aryl methyl sites for hydroxylation is 1. The van der Waals surface area contributed by atoms with Crippen molar-refractivity contribution in [2.75, 3.05) is 32.6 Å². The van der Waals surface area contributed by atoms with Crippen LogP contribution in [0.2, 0.25) is 0 Å². The van der Waals surface area contributed by atoms with E-state index in [9.17, 15) is 4.79 Å². The Labute approximate surface area is 154 Å². The normalized spacial score (nSPS) is 13.8. The summed E-state index contributed by atoms with van der Waals surface area (Å²) < 4.78 is 10.8. The summed E-state index contributed by atoms with van der Waals surface area (Å²) in [5.41, 5.74) is 4.50. The third kappa shape index (κ3) is 4.17. The minimum absolute atomic E-state index is 0.0532. The Bertz CT molecular complexity index is 789. The molecule has 2 aromatic rings. The third-order valence-corrected chi connectivity index (χ3v) is 4.87. The highest BCUT2D eigenvalue weighted by atomic mass is 16.5. The predicted molar refractivity (Wildman–Crippen MR) is 103 cm³/mol. The minimum atomic E-state index is 0.0532. The number of anilines is 1. The standard InChI is InChI=1S/C21H26N2O3/c1-15-6-4-5-7-18(15)22-21(24)9-11-23-10-8-16-12-19(25-2)20(26-3)13-17(16)14-23/h4-7,12-13H,8-11,14H2,1-3H3,(H,22,24). The van der Waals surface area contributed by atoms with Gasteiger partial charge in [0.15, 0.2) is 11.5 Å². The van der Waals surface area contributed by atoms with E-state index in [1.807, 2.05) is 37.3 Å². The van der Waals surface area contributed by atoms with E-state index in [4.69, 9.17) is 9.47 Å². The van der Waals surface area contributed by atoms with Gasteiger partial charge in [-0.25, -0.2) is 0 Å². The van der Waals surface area contributed by atoms with Crippen molar-refractivity contribution < 1.29 is 14.3 Å². The number of carbonyl (C=O) groups excluding carboxylic acids is 1. The summed E-state index contributed by atoms with van der Waals surface area (Å²) in [7, 11) is 3.31. The van der Waals surface area contributed by atoms with Crippen LogP contribution in [0.4, 0.5) is 5.69 Å². The number of methoxy groups -OCH3 is 2. The number of benzene rings is 2. The Morgan fingerprint density at radius 3 is 2.50 bits per heavy atom. The largest absolute Gasteiger partial charge is 0.493 e. The zero-order valence-corrected chi connectivity index (χ0v) is 15.7. The summed E-state index contributed by atoms with van der Waals surface area (Å²) in [6.07, 6.45) is 1.44. The summed E-state index contributed by atoms with van der Waals surface area (Å²) >= 11 is 0. The highest BCUT2D eigenvalue weighted by molar-refractivity contribution is 5.91. The van der Waals surface area contributed by atoms with Gasteiger partial charge in [-0.15, -0.1) is 0 Å². The number of para-hydroxylation sites is 1. The molecule has 0 radical (unpaired) electrons. The molecule has 0 spiro atoms. The van der Waals surface area contributed by atoms with Gasteiger partial charge < -0.3 is 14.8 Å². The molecule has 3 rings (SSSR count). The van der Waals surface area contributed by atoms with E-state index in [2.05, 4.69) is 16.3 Å². The fourth-order valence-corrected chi connectivity index (χ4v) is 3.32. The molecule has 0 saturated carbocycles. The van der Waals surface area contributed by atoms with Gasteiger partial charge >= 0.3 is 0 Å². The Hall–Kier alpha value is -2.53. The number of carbonyl (C=O) groups is 1. The predicted octanol–water partition coefficient (Wildman–Crippen LogP) is 3.40. The molecule has 5 heteroatoms. The maximum Gasteiger partial charge on any atom is 0.225 e. The number of fused-ring (bicyclic) bond motifs is 1. The molecule has 1 aliphatic heterocycles. The van der Waals surface area contributed by atoms with Crippen LogP contribution >= 0.6 is 0 Å². The van der Waals surface area contributed by atoms with E-state index >= 15 is 0 Å². The monoisotopic (exact) mass is 354 g/mol. The van der Waals surface area contributed by atoms with E-state index in [0.29, 0.717) is 6.42 Å². The Morgan fingerprint density at radius 2 is 1.81 bits per heavy atom. The number of hydrogen-bond donors (Lipinski definition) is 1. The number of ether oxygens (including phenoxy) is 2. The van der Waals surface area contributed by atoms with Crippen LogP contribution in [0.5, 0.6) is 11.5 Å². The van der Waals surface area contributed by atoms with Gasteiger partial charge in [0.25, 0.3) is 0 Å². The van der Waals surface area contributed by atoms with E-state index in [1.165, 1.54) is 11.1 Å². The third-order valence-electron chi connectivity index (χ3n) is 4.87. The first-order valence-corrected chi connectivity index (χ1v) is 8.92. The van der Waals surface area contributed by atoms with Crippen molar-refractivity contribution in [3.05, 3.63) is 53.1 Å². The zero-order chi connectivity index (χ0) is 18.5. The van der Waals surface area contributed by atoms with Crippen LogP contribution < -0.4 is 14.8 Å². The summed E-state index contributed by atoms with van der Waals surface area (Å²) in [4.78, 5) is 14.6. The molecule has 0 aromatic heterocycles. The molecule has 0 unspecified atom stereocenters. The second-order valence-electron chi connectivity index (χ2n) is 6.62. The van der Waals surface area contributed by atoms with E-state index < -0.39 is 0 Å². The highest BCUT2D eigenvalue weighted by Crippen LogP contribution is 2.33. The Morgan fingerprint density at radius 1 is 1.12 bits per heavy atom. The second kappa shape index (κ2) is 8.23. The lowest BCUT2D eigenvalue weighted by molar-refractivity contribution is -0.116. The van der Waals surface area contributed by atoms with Crippen LogP contribution in [0.15, 0.2) is 36.4 Å². The van der Waals surface area contributed by atoms with Gasteiger partial charge in [-0.1, -0.05) is 18.2 Å².